The first-order valence-electron chi connectivity index (χ1n) is 9.75. The number of hydrogen-bond acceptors (Lipinski definition) is 5. The van der Waals surface area contributed by atoms with E-state index in [-0.39, 0.29) is 18.4 Å². The molecule has 1 heterocycles. The summed E-state index contributed by atoms with van der Waals surface area (Å²) in [5.74, 6) is -0.586. The normalized spacial score (nSPS) is 17.9. The number of nitrogens with zero attached hydrogens (tertiary/aromatic N) is 1. The van der Waals surface area contributed by atoms with E-state index in [0.717, 1.165) is 5.56 Å². The third-order valence-electron chi connectivity index (χ3n) is 4.74. The van der Waals surface area contributed by atoms with Gasteiger partial charge in [-0.3, -0.25) is 14.5 Å². The first-order chi connectivity index (χ1) is 14.9. The molecule has 0 saturated carbocycles. The number of methoxy groups -OCH3 is 1. The van der Waals surface area contributed by atoms with Crippen molar-refractivity contribution in [3.05, 3.63) is 64.7 Å². The molecular formula is C22H24ClN3O5. The predicted molar refractivity (Wildman–Crippen MR) is 116 cm³/mol. The number of halogens is 1. The summed E-state index contributed by atoms with van der Waals surface area (Å²) in [6.07, 6.45) is -1.45. The average Bonchev–Trinajstić information content (AvgIpc) is 3.04. The van der Waals surface area contributed by atoms with Crippen LogP contribution in [0, 0.1) is 0 Å². The maximum Gasteiger partial charge on any atom is 0.411 e. The third kappa shape index (κ3) is 5.74. The van der Waals surface area contributed by atoms with Gasteiger partial charge in [0, 0.05) is 31.3 Å². The predicted octanol–water partition coefficient (Wildman–Crippen LogP) is 3.12. The molecule has 9 heteroatoms. The molecule has 0 spiro atoms. The molecule has 2 unspecified atom stereocenters. The number of benzene rings is 2. The Kier molecular flexibility index (Phi) is 7.49. The second-order valence-corrected chi connectivity index (χ2v) is 7.53. The Hall–Kier alpha value is -3.10. The topological polar surface area (TPSA) is 97.0 Å². The van der Waals surface area contributed by atoms with E-state index in [1.165, 1.54) is 18.9 Å². The van der Waals surface area contributed by atoms with E-state index < -0.39 is 18.2 Å². The van der Waals surface area contributed by atoms with Gasteiger partial charge in [0.25, 0.3) is 0 Å². The molecule has 2 N–H and O–H groups in total. The van der Waals surface area contributed by atoms with Crippen LogP contribution in [-0.4, -0.2) is 49.1 Å². The lowest BCUT2D eigenvalue weighted by atomic mass is 10.00. The number of amides is 3. The van der Waals surface area contributed by atoms with Crippen LogP contribution in [0.4, 0.5) is 10.5 Å². The number of cyclic esters (lactones) is 1. The van der Waals surface area contributed by atoms with Gasteiger partial charge in [-0.2, -0.15) is 0 Å². The summed E-state index contributed by atoms with van der Waals surface area (Å²) >= 11 is 6.07. The molecule has 164 valence electrons. The van der Waals surface area contributed by atoms with Crippen LogP contribution in [-0.2, 0) is 25.6 Å². The molecule has 2 atom stereocenters. The number of anilines is 1. The van der Waals surface area contributed by atoms with Gasteiger partial charge in [0.15, 0.2) is 12.1 Å². The molecule has 0 aliphatic carbocycles. The average molecular weight is 446 g/mol. The number of carbonyl (C=O) groups is 3. The summed E-state index contributed by atoms with van der Waals surface area (Å²) < 4.78 is 10.6. The Morgan fingerprint density at radius 2 is 1.97 bits per heavy atom. The highest BCUT2D eigenvalue weighted by molar-refractivity contribution is 6.30. The van der Waals surface area contributed by atoms with E-state index in [4.69, 9.17) is 21.1 Å². The van der Waals surface area contributed by atoms with Crippen molar-refractivity contribution in [1.82, 2.24) is 10.2 Å². The zero-order valence-corrected chi connectivity index (χ0v) is 18.0. The highest BCUT2D eigenvalue weighted by Crippen LogP contribution is 2.35. The fraction of sp³-hybridized carbons (Fsp3) is 0.318. The van der Waals surface area contributed by atoms with Gasteiger partial charge in [-0.25, -0.2) is 4.79 Å². The van der Waals surface area contributed by atoms with E-state index in [0.29, 0.717) is 29.4 Å². The smallest absolute Gasteiger partial charge is 0.411 e. The molecule has 0 aromatic heterocycles. The Morgan fingerprint density at radius 3 is 2.68 bits per heavy atom. The summed E-state index contributed by atoms with van der Waals surface area (Å²) in [6.45, 7) is 2.19. The number of hydrogen-bond donors (Lipinski definition) is 2. The molecule has 0 radical (unpaired) electrons. The lowest BCUT2D eigenvalue weighted by molar-refractivity contribution is -0.126. The quantitative estimate of drug-likeness (QED) is 0.608. The summed E-state index contributed by atoms with van der Waals surface area (Å²) in [4.78, 5) is 38.6. The standard InChI is InChI=1S/C22H24ClN3O5/c1-14(27)25-18-8-4-6-16(12-18)20-19(21(28)24-9-10-30-2)26(22(29)31-20)13-15-5-3-7-17(23)11-15/h3-8,11-12,19-20H,9-10,13H2,1-2H3,(H,24,28)(H,25,27). The van der Waals surface area contributed by atoms with Crippen molar-refractivity contribution >= 4 is 35.2 Å². The SMILES string of the molecule is COCCNC(=O)C1C(c2cccc(NC(C)=O)c2)OC(=O)N1Cc1cccc(Cl)c1. The second-order valence-electron chi connectivity index (χ2n) is 7.10. The molecule has 8 nitrogen and oxygen atoms in total. The van der Waals surface area contributed by atoms with Crippen molar-refractivity contribution in [1.29, 1.82) is 0 Å². The first kappa shape index (κ1) is 22.6. The summed E-state index contributed by atoms with van der Waals surface area (Å²) in [5.41, 5.74) is 1.92. The van der Waals surface area contributed by atoms with Crippen LogP contribution in [0.2, 0.25) is 5.02 Å². The minimum Gasteiger partial charge on any atom is -0.438 e. The molecular weight excluding hydrogens is 422 g/mol. The lowest BCUT2D eigenvalue weighted by Gasteiger charge is -2.24. The summed E-state index contributed by atoms with van der Waals surface area (Å²) in [6, 6.07) is 13.1. The van der Waals surface area contributed by atoms with E-state index in [2.05, 4.69) is 10.6 Å². The van der Waals surface area contributed by atoms with Gasteiger partial charge in [0.05, 0.1) is 13.2 Å². The van der Waals surface area contributed by atoms with Gasteiger partial charge in [-0.1, -0.05) is 35.9 Å². The van der Waals surface area contributed by atoms with Crippen LogP contribution in [0.3, 0.4) is 0 Å². The van der Waals surface area contributed by atoms with Gasteiger partial charge in [-0.15, -0.1) is 0 Å². The third-order valence-corrected chi connectivity index (χ3v) is 4.97. The van der Waals surface area contributed by atoms with Crippen molar-refractivity contribution in [2.24, 2.45) is 0 Å². The Morgan fingerprint density at radius 1 is 1.19 bits per heavy atom. The van der Waals surface area contributed by atoms with Crippen molar-refractivity contribution in [2.75, 3.05) is 25.6 Å². The van der Waals surface area contributed by atoms with Crippen molar-refractivity contribution in [3.63, 3.8) is 0 Å². The molecule has 1 aliphatic rings. The van der Waals surface area contributed by atoms with Gasteiger partial charge in [0.1, 0.15) is 0 Å². The highest BCUT2D eigenvalue weighted by atomic mass is 35.5. The Labute approximate surface area is 185 Å². The van der Waals surface area contributed by atoms with E-state index in [1.807, 2.05) is 6.07 Å². The fourth-order valence-corrected chi connectivity index (χ4v) is 3.63. The largest absolute Gasteiger partial charge is 0.438 e. The van der Waals surface area contributed by atoms with E-state index in [1.54, 1.807) is 42.5 Å². The van der Waals surface area contributed by atoms with Crippen molar-refractivity contribution < 1.29 is 23.9 Å². The molecule has 1 fully saturated rings. The maximum atomic E-state index is 13.0. The number of nitrogens with one attached hydrogen (secondary N) is 2. The lowest BCUT2D eigenvalue weighted by Crippen LogP contribution is -2.47. The van der Waals surface area contributed by atoms with Gasteiger partial charge < -0.3 is 20.1 Å². The minimum absolute atomic E-state index is 0.156. The van der Waals surface area contributed by atoms with Crippen LogP contribution >= 0.6 is 11.6 Å². The molecule has 3 rings (SSSR count). The molecule has 2 aromatic carbocycles. The van der Waals surface area contributed by atoms with Crippen LogP contribution in [0.5, 0.6) is 0 Å². The monoisotopic (exact) mass is 445 g/mol. The van der Waals surface area contributed by atoms with Crippen LogP contribution in [0.25, 0.3) is 0 Å². The van der Waals surface area contributed by atoms with Crippen molar-refractivity contribution in [3.8, 4) is 0 Å². The maximum absolute atomic E-state index is 13.0. The van der Waals surface area contributed by atoms with Gasteiger partial charge in [-0.05, 0) is 35.4 Å². The molecule has 3 amide bonds. The van der Waals surface area contributed by atoms with Crippen LogP contribution in [0.15, 0.2) is 48.5 Å². The highest BCUT2D eigenvalue weighted by Gasteiger charge is 2.47. The molecule has 1 saturated heterocycles. The van der Waals surface area contributed by atoms with E-state index in [9.17, 15) is 14.4 Å². The van der Waals surface area contributed by atoms with Crippen molar-refractivity contribution in [2.45, 2.75) is 25.6 Å². The van der Waals surface area contributed by atoms with Gasteiger partial charge in [0.2, 0.25) is 11.8 Å². The van der Waals surface area contributed by atoms with Crippen LogP contribution in [0.1, 0.15) is 24.2 Å². The van der Waals surface area contributed by atoms with Gasteiger partial charge >= 0.3 is 6.09 Å². The molecule has 0 bridgehead atoms. The number of ether oxygens (including phenoxy) is 2. The first-order valence-corrected chi connectivity index (χ1v) is 10.1. The summed E-state index contributed by atoms with van der Waals surface area (Å²) in [7, 11) is 1.54. The zero-order valence-electron chi connectivity index (χ0n) is 17.3. The van der Waals surface area contributed by atoms with E-state index >= 15 is 0 Å². The Balaban J connectivity index is 1.91. The molecule has 2 aromatic rings. The zero-order chi connectivity index (χ0) is 22.4. The number of carbonyl (C=O) groups excluding carboxylic acids is 3. The fourth-order valence-electron chi connectivity index (χ4n) is 3.42. The Bertz CT molecular complexity index is 968. The molecule has 31 heavy (non-hydrogen) atoms. The molecule has 1 aliphatic heterocycles. The minimum atomic E-state index is -0.907. The second kappa shape index (κ2) is 10.3. The van der Waals surface area contributed by atoms with Crippen LogP contribution < -0.4 is 10.6 Å². The summed E-state index contributed by atoms with van der Waals surface area (Å²) in [5, 5.41) is 6.02. The number of rotatable bonds is 8.